The number of hydrogen-bond acceptors (Lipinski definition) is 4. The Hall–Kier alpha value is -2.44. The molecule has 5 nitrogen and oxygen atoms in total. The smallest absolute Gasteiger partial charge is 0.262 e. The molecule has 3 rings (SSSR count). The largest absolute Gasteiger partial charge is 0.484 e. The third-order valence-corrected chi connectivity index (χ3v) is 4.32. The van der Waals surface area contributed by atoms with Gasteiger partial charge >= 0.3 is 0 Å². The highest BCUT2D eigenvalue weighted by Crippen LogP contribution is 2.15. The van der Waals surface area contributed by atoms with Crippen LogP contribution in [0.15, 0.2) is 54.6 Å². The van der Waals surface area contributed by atoms with E-state index in [9.17, 15) is 4.79 Å². The zero-order chi connectivity index (χ0) is 17.5. The third-order valence-electron chi connectivity index (χ3n) is 3.83. The first kappa shape index (κ1) is 17.4. The fourth-order valence-corrected chi connectivity index (χ4v) is 2.83. The summed E-state index contributed by atoms with van der Waals surface area (Å²) in [6.07, 6.45) is 0. The molecule has 0 saturated carbocycles. The number of thiocarbonyl (C=S) groups is 1. The molecule has 0 bridgehead atoms. The molecule has 1 fully saturated rings. The minimum absolute atomic E-state index is 0.0395. The van der Waals surface area contributed by atoms with E-state index in [0.717, 1.165) is 29.3 Å². The Kier molecular flexibility index (Phi) is 5.98. The van der Waals surface area contributed by atoms with Crippen LogP contribution in [0.2, 0.25) is 0 Å². The van der Waals surface area contributed by atoms with Gasteiger partial charge in [0.2, 0.25) is 0 Å². The number of ether oxygens (including phenoxy) is 2. The van der Waals surface area contributed by atoms with E-state index >= 15 is 0 Å². The Bertz CT molecular complexity index is 713. The van der Waals surface area contributed by atoms with Crippen LogP contribution in [0.3, 0.4) is 0 Å². The number of nitrogens with one attached hydrogen (secondary N) is 1. The van der Waals surface area contributed by atoms with Gasteiger partial charge in [0.1, 0.15) is 10.7 Å². The highest BCUT2D eigenvalue weighted by Gasteiger charge is 2.15. The third kappa shape index (κ3) is 5.01. The molecule has 0 atom stereocenters. The molecule has 2 aromatic rings. The van der Waals surface area contributed by atoms with Crippen molar-refractivity contribution in [3.63, 3.8) is 0 Å². The van der Waals surface area contributed by atoms with E-state index < -0.39 is 0 Å². The molecular formula is C19H20N2O3S. The molecule has 1 amide bonds. The van der Waals surface area contributed by atoms with Crippen LogP contribution in [0.25, 0.3) is 0 Å². The molecule has 0 aliphatic carbocycles. The predicted octanol–water partition coefficient (Wildman–Crippen LogP) is 2.71. The molecule has 25 heavy (non-hydrogen) atoms. The van der Waals surface area contributed by atoms with Crippen LogP contribution in [0.4, 0.5) is 5.69 Å². The van der Waals surface area contributed by atoms with E-state index in [4.69, 9.17) is 21.7 Å². The minimum Gasteiger partial charge on any atom is -0.484 e. The summed E-state index contributed by atoms with van der Waals surface area (Å²) in [5.41, 5.74) is 1.72. The van der Waals surface area contributed by atoms with Crippen LogP contribution in [-0.2, 0) is 9.53 Å². The summed E-state index contributed by atoms with van der Waals surface area (Å²) in [6.45, 7) is 3.01. The summed E-state index contributed by atoms with van der Waals surface area (Å²) in [6, 6.07) is 16.8. The van der Waals surface area contributed by atoms with Crippen molar-refractivity contribution in [1.29, 1.82) is 0 Å². The molecule has 0 radical (unpaired) electrons. The number of amides is 1. The average Bonchev–Trinajstić information content (AvgIpc) is 2.68. The Labute approximate surface area is 152 Å². The normalized spacial score (nSPS) is 14.0. The number of rotatable bonds is 5. The fourth-order valence-electron chi connectivity index (χ4n) is 2.51. The highest BCUT2D eigenvalue weighted by atomic mass is 32.1. The molecule has 2 aromatic carbocycles. The van der Waals surface area contributed by atoms with Gasteiger partial charge in [-0.05, 0) is 36.4 Å². The maximum Gasteiger partial charge on any atom is 0.262 e. The minimum atomic E-state index is -0.195. The molecular weight excluding hydrogens is 336 g/mol. The SMILES string of the molecule is O=C(COc1ccc(C(=S)N2CCOCC2)cc1)Nc1ccccc1. The number of anilines is 1. The summed E-state index contributed by atoms with van der Waals surface area (Å²) >= 11 is 5.53. The summed E-state index contributed by atoms with van der Waals surface area (Å²) in [5, 5.41) is 2.78. The number of morpholine rings is 1. The van der Waals surface area contributed by atoms with Gasteiger partial charge < -0.3 is 19.7 Å². The standard InChI is InChI=1S/C19H20N2O3S/c22-18(20-16-4-2-1-3-5-16)14-24-17-8-6-15(7-9-17)19(25)21-10-12-23-13-11-21/h1-9H,10-14H2,(H,20,22). The molecule has 1 heterocycles. The Morgan fingerprint density at radius 1 is 1.08 bits per heavy atom. The van der Waals surface area contributed by atoms with Crippen molar-refractivity contribution >= 4 is 28.8 Å². The number of nitrogens with zero attached hydrogens (tertiary/aromatic N) is 1. The number of benzene rings is 2. The molecule has 1 saturated heterocycles. The molecule has 0 spiro atoms. The van der Waals surface area contributed by atoms with Gasteiger partial charge in [0.05, 0.1) is 13.2 Å². The average molecular weight is 356 g/mol. The molecule has 0 unspecified atom stereocenters. The summed E-state index contributed by atoms with van der Waals surface area (Å²) in [5.74, 6) is 0.441. The zero-order valence-corrected chi connectivity index (χ0v) is 14.6. The maximum atomic E-state index is 11.9. The van der Waals surface area contributed by atoms with Gasteiger partial charge in [0.25, 0.3) is 5.91 Å². The van der Waals surface area contributed by atoms with Gasteiger partial charge in [-0.3, -0.25) is 4.79 Å². The van der Waals surface area contributed by atoms with Gasteiger partial charge in [0.15, 0.2) is 6.61 Å². The Balaban J connectivity index is 1.50. The van der Waals surface area contributed by atoms with E-state index in [-0.39, 0.29) is 12.5 Å². The van der Waals surface area contributed by atoms with Crippen molar-refractivity contribution in [1.82, 2.24) is 4.90 Å². The van der Waals surface area contributed by atoms with E-state index in [0.29, 0.717) is 19.0 Å². The quantitative estimate of drug-likeness (QED) is 0.835. The van der Waals surface area contributed by atoms with Crippen molar-refractivity contribution in [2.24, 2.45) is 0 Å². The van der Waals surface area contributed by atoms with Crippen LogP contribution >= 0.6 is 12.2 Å². The monoisotopic (exact) mass is 356 g/mol. The topological polar surface area (TPSA) is 50.8 Å². The second kappa shape index (κ2) is 8.60. The fraction of sp³-hybridized carbons (Fsp3) is 0.263. The van der Waals surface area contributed by atoms with Crippen LogP contribution in [0.1, 0.15) is 5.56 Å². The molecule has 1 aliphatic rings. The molecule has 6 heteroatoms. The molecule has 1 N–H and O–H groups in total. The maximum absolute atomic E-state index is 11.9. The van der Waals surface area contributed by atoms with Gasteiger partial charge in [-0.2, -0.15) is 0 Å². The van der Waals surface area contributed by atoms with Crippen molar-refractivity contribution in [3.05, 3.63) is 60.2 Å². The summed E-state index contributed by atoms with van der Waals surface area (Å²) in [7, 11) is 0. The van der Waals surface area contributed by atoms with Gasteiger partial charge in [-0.1, -0.05) is 30.4 Å². The van der Waals surface area contributed by atoms with Crippen molar-refractivity contribution in [2.75, 3.05) is 38.2 Å². The van der Waals surface area contributed by atoms with Crippen molar-refractivity contribution in [3.8, 4) is 5.75 Å². The van der Waals surface area contributed by atoms with Crippen LogP contribution < -0.4 is 10.1 Å². The molecule has 1 aliphatic heterocycles. The lowest BCUT2D eigenvalue weighted by molar-refractivity contribution is -0.118. The van der Waals surface area contributed by atoms with E-state index in [1.54, 1.807) is 0 Å². The lowest BCUT2D eigenvalue weighted by atomic mass is 10.2. The van der Waals surface area contributed by atoms with E-state index in [1.807, 2.05) is 54.6 Å². The Morgan fingerprint density at radius 3 is 2.44 bits per heavy atom. The van der Waals surface area contributed by atoms with Crippen LogP contribution in [0, 0.1) is 0 Å². The van der Waals surface area contributed by atoms with Crippen LogP contribution in [0.5, 0.6) is 5.75 Å². The number of hydrogen-bond donors (Lipinski definition) is 1. The first-order valence-corrected chi connectivity index (χ1v) is 8.58. The lowest BCUT2D eigenvalue weighted by Gasteiger charge is -2.29. The zero-order valence-electron chi connectivity index (χ0n) is 13.8. The summed E-state index contributed by atoms with van der Waals surface area (Å²) in [4.78, 5) is 14.8. The number of carbonyl (C=O) groups excluding carboxylic acids is 1. The van der Waals surface area contributed by atoms with E-state index in [1.165, 1.54) is 0 Å². The number of para-hydroxylation sites is 1. The molecule has 130 valence electrons. The van der Waals surface area contributed by atoms with Gasteiger partial charge in [-0.15, -0.1) is 0 Å². The van der Waals surface area contributed by atoms with E-state index in [2.05, 4.69) is 10.2 Å². The van der Waals surface area contributed by atoms with Crippen molar-refractivity contribution < 1.29 is 14.3 Å². The highest BCUT2D eigenvalue weighted by molar-refractivity contribution is 7.80. The Morgan fingerprint density at radius 2 is 1.76 bits per heavy atom. The summed E-state index contributed by atoms with van der Waals surface area (Å²) < 4.78 is 10.9. The second-order valence-electron chi connectivity index (χ2n) is 5.63. The van der Waals surface area contributed by atoms with Gasteiger partial charge in [-0.25, -0.2) is 0 Å². The number of carbonyl (C=O) groups is 1. The lowest BCUT2D eigenvalue weighted by Crippen LogP contribution is -2.40. The van der Waals surface area contributed by atoms with Crippen LogP contribution in [-0.4, -0.2) is 48.7 Å². The second-order valence-corrected chi connectivity index (χ2v) is 6.02. The predicted molar refractivity (Wildman–Crippen MR) is 101 cm³/mol. The first-order valence-electron chi connectivity index (χ1n) is 8.17. The van der Waals surface area contributed by atoms with Crippen molar-refractivity contribution in [2.45, 2.75) is 0 Å². The molecule has 0 aromatic heterocycles. The van der Waals surface area contributed by atoms with Gasteiger partial charge in [0, 0.05) is 24.3 Å². The first-order chi connectivity index (χ1) is 12.2.